The summed E-state index contributed by atoms with van der Waals surface area (Å²) in [6, 6.07) is 3.55. The monoisotopic (exact) mass is 491 g/mol. The van der Waals surface area contributed by atoms with Gasteiger partial charge in [0.2, 0.25) is 0 Å². The Labute approximate surface area is 210 Å². The fourth-order valence-electron chi connectivity index (χ4n) is 7.25. The number of benzene rings is 1. The molecule has 4 rings (SSSR count). The van der Waals surface area contributed by atoms with Crippen LogP contribution < -0.4 is 0 Å². The molecule has 3 unspecified atom stereocenters. The highest BCUT2D eigenvalue weighted by molar-refractivity contribution is 6.31. The highest BCUT2D eigenvalue weighted by Crippen LogP contribution is 2.45. The molecule has 0 aliphatic heterocycles. The average Bonchev–Trinajstić information content (AvgIpc) is 2.82. The molecule has 34 heavy (non-hydrogen) atoms. The minimum Gasteiger partial charge on any atom is -0.481 e. The van der Waals surface area contributed by atoms with Gasteiger partial charge in [0.15, 0.2) is 0 Å². The summed E-state index contributed by atoms with van der Waals surface area (Å²) in [6.45, 7) is 4.00. The molecule has 0 amide bonds. The zero-order valence-corrected chi connectivity index (χ0v) is 21.7. The summed E-state index contributed by atoms with van der Waals surface area (Å²) >= 11 is 6.50. The highest BCUT2D eigenvalue weighted by Gasteiger charge is 2.41. The van der Waals surface area contributed by atoms with Crippen LogP contribution in [0.5, 0.6) is 0 Å². The molecule has 190 valence electrons. The summed E-state index contributed by atoms with van der Waals surface area (Å²) in [4.78, 5) is 14.5. The van der Waals surface area contributed by atoms with Crippen molar-refractivity contribution in [2.45, 2.75) is 109 Å². The summed E-state index contributed by atoms with van der Waals surface area (Å²) in [6.07, 6.45) is 16.1. The van der Waals surface area contributed by atoms with Crippen LogP contribution in [0.2, 0.25) is 5.02 Å². The number of rotatable bonds is 8. The van der Waals surface area contributed by atoms with E-state index in [1.165, 1.54) is 64.2 Å². The van der Waals surface area contributed by atoms with Crippen LogP contribution in [0.25, 0.3) is 0 Å². The largest absolute Gasteiger partial charge is 0.481 e. The second kappa shape index (κ2) is 12.2. The summed E-state index contributed by atoms with van der Waals surface area (Å²) in [7, 11) is 0. The number of aliphatic carboxylic acids is 1. The summed E-state index contributed by atoms with van der Waals surface area (Å²) in [5.41, 5.74) is 1.38. The topological polar surface area (TPSA) is 40.5 Å². The van der Waals surface area contributed by atoms with E-state index in [-0.39, 0.29) is 30.1 Å². The predicted octanol–water partition coefficient (Wildman–Crippen LogP) is 7.98. The fraction of sp³-hybridized carbons (Fsp3) is 0.759. The van der Waals surface area contributed by atoms with E-state index in [4.69, 9.17) is 11.6 Å². The Hall–Kier alpha value is -1.13. The van der Waals surface area contributed by atoms with E-state index >= 15 is 4.39 Å². The predicted molar refractivity (Wildman–Crippen MR) is 137 cm³/mol. The third kappa shape index (κ3) is 6.55. The Kier molecular flexibility index (Phi) is 9.32. The van der Waals surface area contributed by atoms with Crippen molar-refractivity contribution in [1.82, 2.24) is 4.90 Å². The lowest BCUT2D eigenvalue weighted by molar-refractivity contribution is -0.138. The molecule has 0 radical (unpaired) electrons. The van der Waals surface area contributed by atoms with Gasteiger partial charge in [0.05, 0.1) is 0 Å². The molecule has 0 bridgehead atoms. The summed E-state index contributed by atoms with van der Waals surface area (Å²) < 4.78 is 15.5. The van der Waals surface area contributed by atoms with Crippen LogP contribution in [0.4, 0.5) is 4.39 Å². The number of hydrogen-bond donors (Lipinski definition) is 1. The molecule has 0 aromatic heterocycles. The molecule has 5 heteroatoms. The molecule has 1 aromatic carbocycles. The normalized spacial score (nSPS) is 27.2. The van der Waals surface area contributed by atoms with Crippen molar-refractivity contribution < 1.29 is 14.3 Å². The van der Waals surface area contributed by atoms with Crippen molar-refractivity contribution >= 4 is 17.6 Å². The quantitative estimate of drug-likeness (QED) is 0.400. The first-order valence-electron chi connectivity index (χ1n) is 13.8. The van der Waals surface area contributed by atoms with Gasteiger partial charge in [0.1, 0.15) is 5.82 Å². The Morgan fingerprint density at radius 3 is 2.09 bits per heavy atom. The van der Waals surface area contributed by atoms with Crippen LogP contribution in [0.3, 0.4) is 0 Å². The van der Waals surface area contributed by atoms with Crippen LogP contribution in [-0.4, -0.2) is 35.1 Å². The van der Waals surface area contributed by atoms with Gasteiger partial charge in [-0.2, -0.15) is 0 Å². The molecule has 3 aliphatic rings. The smallest absolute Gasteiger partial charge is 0.303 e. The van der Waals surface area contributed by atoms with Crippen molar-refractivity contribution in [3.63, 3.8) is 0 Å². The number of halogens is 2. The van der Waals surface area contributed by atoms with Crippen molar-refractivity contribution in [3.05, 3.63) is 34.1 Å². The van der Waals surface area contributed by atoms with E-state index in [1.807, 2.05) is 13.0 Å². The highest BCUT2D eigenvalue weighted by atomic mass is 35.5. The molecular weight excluding hydrogens is 449 g/mol. The van der Waals surface area contributed by atoms with Crippen molar-refractivity contribution in [2.75, 3.05) is 13.1 Å². The molecule has 1 aromatic rings. The molecule has 3 aliphatic carbocycles. The second-order valence-electron chi connectivity index (χ2n) is 11.5. The van der Waals surface area contributed by atoms with E-state index in [0.717, 1.165) is 37.9 Å². The fourth-order valence-corrected chi connectivity index (χ4v) is 7.42. The van der Waals surface area contributed by atoms with Crippen molar-refractivity contribution in [1.29, 1.82) is 0 Å². The third-order valence-corrected chi connectivity index (χ3v) is 9.38. The van der Waals surface area contributed by atoms with Gasteiger partial charge in [-0.25, -0.2) is 4.39 Å². The van der Waals surface area contributed by atoms with E-state index in [0.29, 0.717) is 22.4 Å². The van der Waals surface area contributed by atoms with Gasteiger partial charge in [-0.15, -0.1) is 0 Å². The van der Waals surface area contributed by atoms with Gasteiger partial charge in [0.25, 0.3) is 0 Å². The molecule has 3 nitrogen and oxygen atoms in total. The average molecular weight is 492 g/mol. The SMILES string of the molecule is Cc1cc(F)c(C2C(CC(=O)O)CCCC2N(CC2CCCCC2)CC2CCCCC2)cc1Cl. The molecule has 1 N–H and O–H groups in total. The first kappa shape index (κ1) is 25.9. The number of aryl methyl sites for hydroxylation is 1. The zero-order chi connectivity index (χ0) is 24.1. The second-order valence-corrected chi connectivity index (χ2v) is 11.9. The molecule has 0 heterocycles. The number of carboxylic acids is 1. The number of nitrogens with zero attached hydrogens (tertiary/aromatic N) is 1. The number of carbonyl (C=O) groups is 1. The van der Waals surface area contributed by atoms with Crippen LogP contribution in [0.1, 0.15) is 107 Å². The zero-order valence-electron chi connectivity index (χ0n) is 20.9. The maximum Gasteiger partial charge on any atom is 0.303 e. The Balaban J connectivity index is 1.67. The third-order valence-electron chi connectivity index (χ3n) is 8.98. The van der Waals surface area contributed by atoms with E-state index < -0.39 is 5.97 Å². The molecule has 3 saturated carbocycles. The minimum absolute atomic E-state index is 0.0512. The van der Waals surface area contributed by atoms with Gasteiger partial charge >= 0.3 is 5.97 Å². The minimum atomic E-state index is -0.777. The Bertz CT molecular complexity index is 799. The molecular formula is C29H43ClFNO2. The van der Waals surface area contributed by atoms with Crippen molar-refractivity contribution in [3.8, 4) is 0 Å². The van der Waals surface area contributed by atoms with Crippen molar-refractivity contribution in [2.24, 2.45) is 17.8 Å². The molecule has 3 fully saturated rings. The first-order chi connectivity index (χ1) is 16.4. The number of hydrogen-bond acceptors (Lipinski definition) is 2. The van der Waals surface area contributed by atoms with Gasteiger partial charge in [0, 0.05) is 36.5 Å². The van der Waals surface area contributed by atoms with E-state index in [1.54, 1.807) is 6.07 Å². The molecule has 3 atom stereocenters. The summed E-state index contributed by atoms with van der Waals surface area (Å²) in [5, 5.41) is 10.3. The van der Waals surface area contributed by atoms with Crippen LogP contribution in [0.15, 0.2) is 12.1 Å². The van der Waals surface area contributed by atoms with Gasteiger partial charge in [-0.1, -0.05) is 56.5 Å². The molecule has 0 saturated heterocycles. The maximum absolute atomic E-state index is 15.5. The Morgan fingerprint density at radius 2 is 1.53 bits per heavy atom. The number of carboxylic acid groups (broad SMARTS) is 1. The lowest BCUT2D eigenvalue weighted by Gasteiger charge is -2.47. The van der Waals surface area contributed by atoms with Gasteiger partial charge in [-0.3, -0.25) is 9.69 Å². The first-order valence-corrected chi connectivity index (χ1v) is 14.2. The van der Waals surface area contributed by atoms with Crippen LogP contribution in [-0.2, 0) is 4.79 Å². The van der Waals surface area contributed by atoms with Gasteiger partial charge in [-0.05, 0) is 86.5 Å². The summed E-state index contributed by atoms with van der Waals surface area (Å²) in [5.74, 6) is 0.262. The van der Waals surface area contributed by atoms with E-state index in [2.05, 4.69) is 4.90 Å². The lowest BCUT2D eigenvalue weighted by atomic mass is 9.69. The van der Waals surface area contributed by atoms with Crippen LogP contribution >= 0.6 is 11.6 Å². The van der Waals surface area contributed by atoms with E-state index in [9.17, 15) is 9.90 Å². The van der Waals surface area contributed by atoms with Gasteiger partial charge < -0.3 is 5.11 Å². The molecule has 0 spiro atoms. The Morgan fingerprint density at radius 1 is 0.941 bits per heavy atom. The lowest BCUT2D eigenvalue weighted by Crippen LogP contribution is -2.49. The van der Waals surface area contributed by atoms with Crippen LogP contribution in [0, 0.1) is 30.5 Å². The standard InChI is InChI=1S/C29H43ClFNO2/c1-20-15-26(31)24(17-25(20)30)29-23(16-28(33)34)13-8-14-27(29)32(18-21-9-4-2-5-10-21)19-22-11-6-3-7-12-22/h15,17,21-23,27,29H,2-14,16,18-19H2,1H3,(H,33,34). The maximum atomic E-state index is 15.5.